The number of benzene rings is 1. The van der Waals surface area contributed by atoms with Gasteiger partial charge in [-0.2, -0.15) is 0 Å². The third-order valence-electron chi connectivity index (χ3n) is 3.11. The molecule has 3 rings (SSSR count). The zero-order valence-electron chi connectivity index (χ0n) is 11.0. The van der Waals surface area contributed by atoms with E-state index in [-0.39, 0.29) is 6.42 Å². The Labute approximate surface area is 123 Å². The van der Waals surface area contributed by atoms with Gasteiger partial charge < -0.3 is 4.84 Å². The minimum absolute atomic E-state index is 0.179. The summed E-state index contributed by atoms with van der Waals surface area (Å²) in [5.41, 5.74) is 1.06. The third kappa shape index (κ3) is 2.62. The first-order valence-electron chi connectivity index (χ1n) is 6.16. The van der Waals surface area contributed by atoms with Gasteiger partial charge in [0.2, 0.25) is 10.7 Å². The minimum atomic E-state index is -1.19. The van der Waals surface area contributed by atoms with Gasteiger partial charge in [0.15, 0.2) is 0 Å². The van der Waals surface area contributed by atoms with Gasteiger partial charge in [-0.15, -0.1) is 10.2 Å². The number of hydrogen-bond acceptors (Lipinski definition) is 6. The van der Waals surface area contributed by atoms with E-state index in [0.717, 1.165) is 0 Å². The standard InChI is InChI=1S/C13H11FN4O2S/c1-13(11(19)16-12-17-15-7-21-12)6-10(18-20-13)8-4-2-3-5-9(8)14/h2-5,7H,6H2,1H3,(H,16,17,19)/t13-/m0/s1. The van der Waals surface area contributed by atoms with Gasteiger partial charge in [-0.25, -0.2) is 4.39 Å². The van der Waals surface area contributed by atoms with Crippen LogP contribution in [0.15, 0.2) is 34.9 Å². The molecule has 1 aromatic heterocycles. The van der Waals surface area contributed by atoms with Crippen LogP contribution in [-0.4, -0.2) is 27.4 Å². The van der Waals surface area contributed by atoms with Crippen LogP contribution < -0.4 is 5.32 Å². The van der Waals surface area contributed by atoms with Crippen molar-refractivity contribution in [3.63, 3.8) is 0 Å². The minimum Gasteiger partial charge on any atom is -0.379 e. The van der Waals surface area contributed by atoms with E-state index in [1.165, 1.54) is 22.9 Å². The largest absolute Gasteiger partial charge is 0.379 e. The molecule has 1 atom stereocenters. The molecule has 6 nitrogen and oxygen atoms in total. The Morgan fingerprint density at radius 3 is 3.00 bits per heavy atom. The van der Waals surface area contributed by atoms with E-state index in [1.54, 1.807) is 25.1 Å². The molecule has 1 amide bonds. The molecule has 2 aromatic rings. The van der Waals surface area contributed by atoms with Gasteiger partial charge in [-0.3, -0.25) is 10.1 Å². The van der Waals surface area contributed by atoms with Gasteiger partial charge in [0.1, 0.15) is 11.3 Å². The fourth-order valence-corrected chi connectivity index (χ4v) is 2.40. The highest BCUT2D eigenvalue weighted by atomic mass is 32.1. The Morgan fingerprint density at radius 1 is 1.48 bits per heavy atom. The van der Waals surface area contributed by atoms with Crippen LogP contribution in [0.2, 0.25) is 0 Å². The number of hydrogen-bond donors (Lipinski definition) is 1. The molecule has 0 fully saturated rings. The van der Waals surface area contributed by atoms with E-state index in [9.17, 15) is 9.18 Å². The normalized spacial score (nSPS) is 20.8. The summed E-state index contributed by atoms with van der Waals surface area (Å²) in [6.07, 6.45) is 0.179. The molecule has 0 unspecified atom stereocenters. The number of anilines is 1. The second-order valence-corrected chi connectivity index (χ2v) is 5.55. The molecule has 108 valence electrons. The van der Waals surface area contributed by atoms with Crippen molar-refractivity contribution in [2.45, 2.75) is 18.9 Å². The topological polar surface area (TPSA) is 76.5 Å². The molecule has 1 aliphatic rings. The molecule has 0 saturated heterocycles. The van der Waals surface area contributed by atoms with Gasteiger partial charge in [0.05, 0.1) is 5.71 Å². The lowest BCUT2D eigenvalue weighted by Crippen LogP contribution is -2.40. The van der Waals surface area contributed by atoms with Crippen molar-refractivity contribution in [1.82, 2.24) is 10.2 Å². The summed E-state index contributed by atoms with van der Waals surface area (Å²) in [4.78, 5) is 17.5. The number of carbonyl (C=O) groups excluding carboxylic acids is 1. The van der Waals surface area contributed by atoms with Crippen molar-refractivity contribution < 1.29 is 14.0 Å². The molecule has 0 saturated carbocycles. The SMILES string of the molecule is C[C@@]1(C(=O)Nc2nncs2)CC(c2ccccc2F)=NO1. The molecule has 8 heteroatoms. The summed E-state index contributed by atoms with van der Waals surface area (Å²) in [7, 11) is 0. The number of rotatable bonds is 3. The number of amides is 1. The van der Waals surface area contributed by atoms with Crippen molar-refractivity contribution in [3.8, 4) is 0 Å². The van der Waals surface area contributed by atoms with Crippen molar-refractivity contribution in [2.75, 3.05) is 5.32 Å². The first kappa shape index (κ1) is 13.6. The zero-order valence-corrected chi connectivity index (χ0v) is 11.9. The Hall–Kier alpha value is -2.35. The second-order valence-electron chi connectivity index (χ2n) is 4.71. The molecule has 0 spiro atoms. The summed E-state index contributed by atoms with van der Waals surface area (Å²) in [5, 5.41) is 14.2. The first-order chi connectivity index (χ1) is 10.1. The van der Waals surface area contributed by atoms with E-state index < -0.39 is 17.3 Å². The average molecular weight is 306 g/mol. The molecule has 0 radical (unpaired) electrons. The smallest absolute Gasteiger partial charge is 0.273 e. The van der Waals surface area contributed by atoms with Crippen LogP contribution in [0.1, 0.15) is 18.9 Å². The van der Waals surface area contributed by atoms with Crippen molar-refractivity contribution in [2.24, 2.45) is 5.16 Å². The monoisotopic (exact) mass is 306 g/mol. The Bertz CT molecular complexity index is 704. The highest BCUT2D eigenvalue weighted by molar-refractivity contribution is 7.13. The second kappa shape index (κ2) is 5.21. The Kier molecular flexibility index (Phi) is 3.38. The van der Waals surface area contributed by atoms with E-state index in [2.05, 4.69) is 20.7 Å². The number of oxime groups is 1. The molecule has 2 heterocycles. The van der Waals surface area contributed by atoms with Crippen LogP contribution in [0.4, 0.5) is 9.52 Å². The molecule has 0 aliphatic carbocycles. The average Bonchev–Trinajstić information content (AvgIpc) is 3.10. The summed E-state index contributed by atoms with van der Waals surface area (Å²) < 4.78 is 13.7. The van der Waals surface area contributed by atoms with E-state index in [4.69, 9.17) is 4.84 Å². The van der Waals surface area contributed by atoms with Crippen LogP contribution in [0, 0.1) is 5.82 Å². The zero-order chi connectivity index (χ0) is 14.9. The van der Waals surface area contributed by atoms with E-state index >= 15 is 0 Å². The molecular weight excluding hydrogens is 295 g/mol. The van der Waals surface area contributed by atoms with Gasteiger partial charge in [0, 0.05) is 12.0 Å². The molecule has 1 N–H and O–H groups in total. The van der Waals surface area contributed by atoms with Crippen LogP contribution in [0.3, 0.4) is 0 Å². The van der Waals surface area contributed by atoms with E-state index in [1.807, 2.05) is 0 Å². The Balaban J connectivity index is 1.75. The fraction of sp³-hybridized carbons (Fsp3) is 0.231. The Morgan fingerprint density at radius 2 is 2.29 bits per heavy atom. The molecule has 21 heavy (non-hydrogen) atoms. The lowest BCUT2D eigenvalue weighted by atomic mass is 9.95. The van der Waals surface area contributed by atoms with Crippen molar-refractivity contribution in [1.29, 1.82) is 0 Å². The lowest BCUT2D eigenvalue weighted by Gasteiger charge is -2.19. The van der Waals surface area contributed by atoms with Gasteiger partial charge in [-0.1, -0.05) is 34.7 Å². The van der Waals surface area contributed by atoms with Crippen molar-refractivity contribution in [3.05, 3.63) is 41.2 Å². The quantitative estimate of drug-likeness (QED) is 0.943. The molecular formula is C13H11FN4O2S. The molecule has 0 bridgehead atoms. The van der Waals surface area contributed by atoms with Gasteiger partial charge >= 0.3 is 0 Å². The predicted molar refractivity (Wildman–Crippen MR) is 75.6 cm³/mol. The number of nitrogens with zero attached hydrogens (tertiary/aromatic N) is 3. The highest BCUT2D eigenvalue weighted by Gasteiger charge is 2.43. The summed E-state index contributed by atoms with van der Waals surface area (Å²) in [5.74, 6) is -0.789. The summed E-state index contributed by atoms with van der Waals surface area (Å²) in [6, 6.07) is 6.25. The summed E-state index contributed by atoms with van der Waals surface area (Å²) >= 11 is 1.20. The number of aromatic nitrogens is 2. The first-order valence-corrected chi connectivity index (χ1v) is 7.04. The fourth-order valence-electron chi connectivity index (χ4n) is 1.96. The lowest BCUT2D eigenvalue weighted by molar-refractivity contribution is -0.135. The van der Waals surface area contributed by atoms with Crippen LogP contribution in [0.5, 0.6) is 0 Å². The van der Waals surface area contributed by atoms with E-state index in [0.29, 0.717) is 16.4 Å². The predicted octanol–water partition coefficient (Wildman–Crippen LogP) is 2.20. The highest BCUT2D eigenvalue weighted by Crippen LogP contribution is 2.29. The third-order valence-corrected chi connectivity index (χ3v) is 3.71. The summed E-state index contributed by atoms with van der Waals surface area (Å²) in [6.45, 7) is 1.60. The van der Waals surface area contributed by atoms with Crippen molar-refractivity contribution >= 4 is 28.1 Å². The van der Waals surface area contributed by atoms with Gasteiger partial charge in [-0.05, 0) is 13.0 Å². The maximum absolute atomic E-state index is 13.7. The van der Waals surface area contributed by atoms with Crippen LogP contribution >= 0.6 is 11.3 Å². The molecule has 1 aromatic carbocycles. The maximum atomic E-state index is 13.7. The van der Waals surface area contributed by atoms with Crippen LogP contribution in [0.25, 0.3) is 0 Å². The molecule has 1 aliphatic heterocycles. The number of nitrogens with one attached hydrogen (secondary N) is 1. The number of carbonyl (C=O) groups is 1. The number of halogens is 1. The maximum Gasteiger partial charge on any atom is 0.273 e. The van der Waals surface area contributed by atoms with Gasteiger partial charge in [0.25, 0.3) is 5.91 Å². The van der Waals surface area contributed by atoms with Crippen LogP contribution in [-0.2, 0) is 9.63 Å².